The van der Waals surface area contributed by atoms with Gasteiger partial charge in [-0.15, -0.1) is 0 Å². The van der Waals surface area contributed by atoms with E-state index in [1.807, 2.05) is 44.2 Å². The van der Waals surface area contributed by atoms with E-state index < -0.39 is 0 Å². The smallest absolute Gasteiger partial charge is 0.124 e. The van der Waals surface area contributed by atoms with Crippen LogP contribution in [0.2, 0.25) is 0 Å². The fourth-order valence-corrected chi connectivity index (χ4v) is 2.73. The van der Waals surface area contributed by atoms with Gasteiger partial charge in [0.1, 0.15) is 5.75 Å². The van der Waals surface area contributed by atoms with Crippen LogP contribution in [0.15, 0.2) is 46.9 Å². The molecule has 1 atom stereocenters. The SMILES string of the molecule is Cc1cc(Br)ccc1C(N)c1ccccc1OC(C)C. The van der Waals surface area contributed by atoms with E-state index >= 15 is 0 Å². The minimum absolute atomic E-state index is 0.134. The van der Waals surface area contributed by atoms with Crippen molar-refractivity contribution in [3.05, 3.63) is 63.6 Å². The molecular formula is C17H20BrNO. The Hall–Kier alpha value is -1.32. The normalized spacial score (nSPS) is 12.5. The van der Waals surface area contributed by atoms with Gasteiger partial charge in [0.25, 0.3) is 0 Å². The van der Waals surface area contributed by atoms with Crippen LogP contribution in [0.5, 0.6) is 5.75 Å². The molecule has 1 unspecified atom stereocenters. The summed E-state index contributed by atoms with van der Waals surface area (Å²) in [5.74, 6) is 0.859. The van der Waals surface area contributed by atoms with Crippen LogP contribution < -0.4 is 10.5 Å². The van der Waals surface area contributed by atoms with Crippen molar-refractivity contribution in [3.8, 4) is 5.75 Å². The Morgan fingerprint density at radius 1 is 1.05 bits per heavy atom. The van der Waals surface area contributed by atoms with E-state index in [-0.39, 0.29) is 12.1 Å². The molecule has 0 aliphatic heterocycles. The molecule has 0 aromatic heterocycles. The lowest BCUT2D eigenvalue weighted by molar-refractivity contribution is 0.239. The summed E-state index contributed by atoms with van der Waals surface area (Å²) >= 11 is 3.48. The van der Waals surface area contributed by atoms with Gasteiger partial charge in [0.2, 0.25) is 0 Å². The molecule has 0 aliphatic rings. The molecule has 0 spiro atoms. The number of hydrogen-bond donors (Lipinski definition) is 1. The molecule has 0 bridgehead atoms. The highest BCUT2D eigenvalue weighted by atomic mass is 79.9. The first-order valence-corrected chi connectivity index (χ1v) is 7.55. The summed E-state index contributed by atoms with van der Waals surface area (Å²) in [6.07, 6.45) is 0.134. The van der Waals surface area contributed by atoms with E-state index in [0.29, 0.717) is 0 Å². The van der Waals surface area contributed by atoms with Crippen LogP contribution in [0.3, 0.4) is 0 Å². The number of aryl methyl sites for hydroxylation is 1. The minimum Gasteiger partial charge on any atom is -0.491 e. The van der Waals surface area contributed by atoms with Gasteiger partial charge in [-0.05, 0) is 50.1 Å². The topological polar surface area (TPSA) is 35.2 Å². The summed E-state index contributed by atoms with van der Waals surface area (Å²) in [7, 11) is 0. The van der Waals surface area contributed by atoms with Crippen molar-refractivity contribution in [3.63, 3.8) is 0 Å². The van der Waals surface area contributed by atoms with Gasteiger partial charge in [-0.1, -0.05) is 40.2 Å². The number of benzene rings is 2. The van der Waals surface area contributed by atoms with Crippen LogP contribution in [0.4, 0.5) is 0 Å². The zero-order valence-corrected chi connectivity index (χ0v) is 13.6. The lowest BCUT2D eigenvalue weighted by Crippen LogP contribution is -2.16. The summed E-state index contributed by atoms with van der Waals surface area (Å²) in [5.41, 5.74) is 9.76. The van der Waals surface area contributed by atoms with Gasteiger partial charge in [-0.2, -0.15) is 0 Å². The molecule has 0 radical (unpaired) electrons. The molecule has 0 heterocycles. The molecule has 20 heavy (non-hydrogen) atoms. The maximum Gasteiger partial charge on any atom is 0.124 e. The van der Waals surface area contributed by atoms with Crippen LogP contribution >= 0.6 is 15.9 Å². The monoisotopic (exact) mass is 333 g/mol. The fourth-order valence-electron chi connectivity index (χ4n) is 2.25. The standard InChI is InChI=1S/C17H20BrNO/c1-11(2)20-16-7-5-4-6-15(16)17(19)14-9-8-13(18)10-12(14)3/h4-11,17H,19H2,1-3H3. The molecule has 106 valence electrons. The number of hydrogen-bond acceptors (Lipinski definition) is 2. The van der Waals surface area contributed by atoms with Crippen molar-refractivity contribution < 1.29 is 4.74 Å². The lowest BCUT2D eigenvalue weighted by atomic mass is 9.95. The summed E-state index contributed by atoms with van der Waals surface area (Å²) in [6.45, 7) is 6.12. The average molecular weight is 334 g/mol. The third-order valence-electron chi connectivity index (χ3n) is 3.18. The van der Waals surface area contributed by atoms with Crippen LogP contribution in [0.1, 0.15) is 36.6 Å². The second-order valence-electron chi connectivity index (χ2n) is 5.18. The van der Waals surface area contributed by atoms with Crippen LogP contribution in [-0.2, 0) is 0 Å². The molecule has 2 rings (SSSR count). The summed E-state index contributed by atoms with van der Waals surface area (Å²) in [6, 6.07) is 14.0. The molecule has 0 amide bonds. The van der Waals surface area contributed by atoms with E-state index in [1.54, 1.807) is 0 Å². The third-order valence-corrected chi connectivity index (χ3v) is 3.68. The van der Waals surface area contributed by atoms with Gasteiger partial charge in [-0.25, -0.2) is 0 Å². The van der Waals surface area contributed by atoms with E-state index in [2.05, 4.69) is 35.0 Å². The van der Waals surface area contributed by atoms with Gasteiger partial charge in [0, 0.05) is 10.0 Å². The number of rotatable bonds is 4. The van der Waals surface area contributed by atoms with Crippen molar-refractivity contribution >= 4 is 15.9 Å². The van der Waals surface area contributed by atoms with Gasteiger partial charge < -0.3 is 10.5 Å². The molecule has 0 saturated heterocycles. The van der Waals surface area contributed by atoms with E-state index in [9.17, 15) is 0 Å². The Labute approximate surface area is 129 Å². The zero-order chi connectivity index (χ0) is 14.7. The van der Waals surface area contributed by atoms with Gasteiger partial charge in [0.15, 0.2) is 0 Å². The van der Waals surface area contributed by atoms with Crippen LogP contribution in [0, 0.1) is 6.92 Å². The van der Waals surface area contributed by atoms with E-state index in [1.165, 1.54) is 5.56 Å². The molecule has 0 aliphatic carbocycles. The number of halogens is 1. The highest BCUT2D eigenvalue weighted by molar-refractivity contribution is 9.10. The Morgan fingerprint density at radius 3 is 2.40 bits per heavy atom. The Bertz CT molecular complexity index is 595. The van der Waals surface area contributed by atoms with Crippen molar-refractivity contribution in [1.29, 1.82) is 0 Å². The molecular weight excluding hydrogens is 314 g/mol. The van der Waals surface area contributed by atoms with Crippen molar-refractivity contribution in [1.82, 2.24) is 0 Å². The second-order valence-corrected chi connectivity index (χ2v) is 6.10. The van der Waals surface area contributed by atoms with Gasteiger partial charge >= 0.3 is 0 Å². The molecule has 2 aromatic carbocycles. The molecule has 0 saturated carbocycles. The third kappa shape index (κ3) is 3.41. The first-order chi connectivity index (χ1) is 9.49. The largest absolute Gasteiger partial charge is 0.491 e. The van der Waals surface area contributed by atoms with E-state index in [4.69, 9.17) is 10.5 Å². The maximum absolute atomic E-state index is 6.45. The highest BCUT2D eigenvalue weighted by Crippen LogP contribution is 2.31. The quantitative estimate of drug-likeness (QED) is 0.887. The molecule has 0 fully saturated rings. The van der Waals surface area contributed by atoms with Crippen molar-refractivity contribution in [2.45, 2.75) is 32.9 Å². The zero-order valence-electron chi connectivity index (χ0n) is 12.1. The van der Waals surface area contributed by atoms with Crippen LogP contribution in [-0.4, -0.2) is 6.10 Å². The van der Waals surface area contributed by atoms with Gasteiger partial charge in [0.05, 0.1) is 12.1 Å². The Morgan fingerprint density at radius 2 is 1.75 bits per heavy atom. The molecule has 3 heteroatoms. The first-order valence-electron chi connectivity index (χ1n) is 6.76. The highest BCUT2D eigenvalue weighted by Gasteiger charge is 2.16. The lowest BCUT2D eigenvalue weighted by Gasteiger charge is -2.20. The number of ether oxygens (including phenoxy) is 1. The molecule has 2 aromatic rings. The molecule has 2 N–H and O–H groups in total. The Kier molecular flexibility index (Phi) is 4.84. The summed E-state index contributed by atoms with van der Waals surface area (Å²) in [4.78, 5) is 0. The number of nitrogens with two attached hydrogens (primary N) is 1. The predicted octanol–water partition coefficient (Wildman–Crippen LogP) is 4.59. The second kappa shape index (κ2) is 6.42. The minimum atomic E-state index is -0.182. The molecule has 2 nitrogen and oxygen atoms in total. The fraction of sp³-hybridized carbons (Fsp3) is 0.294. The van der Waals surface area contributed by atoms with Gasteiger partial charge in [-0.3, -0.25) is 0 Å². The predicted molar refractivity (Wildman–Crippen MR) is 87.1 cm³/mol. The maximum atomic E-state index is 6.45. The first kappa shape index (κ1) is 15.1. The summed E-state index contributed by atoms with van der Waals surface area (Å²) in [5, 5.41) is 0. The van der Waals surface area contributed by atoms with Crippen molar-refractivity contribution in [2.75, 3.05) is 0 Å². The van der Waals surface area contributed by atoms with Crippen molar-refractivity contribution in [2.24, 2.45) is 5.73 Å². The average Bonchev–Trinajstić information content (AvgIpc) is 2.38. The Balaban J connectivity index is 2.40. The number of para-hydroxylation sites is 1. The summed E-state index contributed by atoms with van der Waals surface area (Å²) < 4.78 is 6.93. The van der Waals surface area contributed by atoms with Crippen LogP contribution in [0.25, 0.3) is 0 Å². The van der Waals surface area contributed by atoms with E-state index in [0.717, 1.165) is 21.3 Å².